The monoisotopic (exact) mass is 474 g/mol. The van der Waals surface area contributed by atoms with E-state index in [-0.39, 0.29) is 23.2 Å². The number of fused-ring (bicyclic) bond motifs is 5. The summed E-state index contributed by atoms with van der Waals surface area (Å²) in [6, 6.07) is 0. The highest BCUT2D eigenvalue weighted by Gasteiger charge is 2.62. The number of alkyl halides is 3. The van der Waals surface area contributed by atoms with Gasteiger partial charge < -0.3 is 14.9 Å². The van der Waals surface area contributed by atoms with Crippen LogP contribution in [0.1, 0.15) is 91.4 Å². The van der Waals surface area contributed by atoms with Crippen LogP contribution in [0, 0.1) is 46.3 Å². The minimum atomic E-state index is -4.52. The Kier molecular flexibility index (Phi) is 6.99. The molecule has 2 unspecified atom stereocenters. The number of aliphatic hydroxyl groups is 2. The average molecular weight is 475 g/mol. The summed E-state index contributed by atoms with van der Waals surface area (Å²) in [5.74, 6) is 3.08. The number of hydrogen-bond donors (Lipinski definition) is 2. The van der Waals surface area contributed by atoms with Gasteiger partial charge in [0.1, 0.15) is 6.10 Å². The van der Waals surface area contributed by atoms with Crippen molar-refractivity contribution in [2.45, 2.75) is 109 Å². The van der Waals surface area contributed by atoms with E-state index in [0.29, 0.717) is 36.0 Å². The van der Waals surface area contributed by atoms with Crippen LogP contribution in [0.5, 0.6) is 0 Å². The highest BCUT2D eigenvalue weighted by Crippen LogP contribution is 2.69. The van der Waals surface area contributed by atoms with E-state index < -0.39 is 17.9 Å². The molecule has 0 radical (unpaired) electrons. The largest absolute Gasteiger partial charge is 0.414 e. The van der Waals surface area contributed by atoms with E-state index in [2.05, 4.69) is 13.8 Å². The maximum Gasteiger partial charge on any atom is 0.414 e. The Morgan fingerprint density at radius 3 is 2.36 bits per heavy atom. The smallest absolute Gasteiger partial charge is 0.390 e. The highest BCUT2D eigenvalue weighted by atomic mass is 19.4. The summed E-state index contributed by atoms with van der Waals surface area (Å²) in [6.45, 7) is 7.31. The van der Waals surface area contributed by atoms with E-state index >= 15 is 0 Å². The molecule has 6 heteroatoms. The summed E-state index contributed by atoms with van der Waals surface area (Å²) in [6.07, 6.45) is 3.27. The topological polar surface area (TPSA) is 49.7 Å². The fourth-order valence-corrected chi connectivity index (χ4v) is 9.54. The molecule has 192 valence electrons. The van der Waals surface area contributed by atoms with Crippen LogP contribution in [-0.4, -0.2) is 41.8 Å². The fraction of sp³-hybridized carbons (Fsp3) is 1.00. The minimum absolute atomic E-state index is 0.168. The second-order valence-corrected chi connectivity index (χ2v) is 12.9. The van der Waals surface area contributed by atoms with Crippen molar-refractivity contribution in [2.75, 3.05) is 13.7 Å². The first-order valence-corrected chi connectivity index (χ1v) is 13.3. The Morgan fingerprint density at radius 2 is 1.70 bits per heavy atom. The Hall–Kier alpha value is -0.330. The Labute approximate surface area is 197 Å². The molecule has 0 heterocycles. The highest BCUT2D eigenvalue weighted by molar-refractivity contribution is 5.11. The number of ether oxygens (including phenoxy) is 1. The molecular formula is C27H45F3O3. The van der Waals surface area contributed by atoms with E-state index in [1.54, 1.807) is 0 Å². The summed E-state index contributed by atoms with van der Waals surface area (Å²) in [4.78, 5) is 0. The summed E-state index contributed by atoms with van der Waals surface area (Å²) in [5, 5.41) is 20.3. The molecule has 4 aliphatic rings. The lowest BCUT2D eigenvalue weighted by atomic mass is 9.43. The first kappa shape index (κ1) is 25.8. The molecule has 4 aliphatic carbocycles. The quantitative estimate of drug-likeness (QED) is 0.471. The molecule has 0 aliphatic heterocycles. The van der Waals surface area contributed by atoms with Gasteiger partial charge in [-0.3, -0.25) is 0 Å². The van der Waals surface area contributed by atoms with E-state index in [4.69, 9.17) is 4.74 Å². The lowest BCUT2D eigenvalue weighted by Crippen LogP contribution is -2.58. The van der Waals surface area contributed by atoms with Gasteiger partial charge in [-0.15, -0.1) is 0 Å². The van der Waals surface area contributed by atoms with Crippen LogP contribution in [-0.2, 0) is 4.74 Å². The third-order valence-corrected chi connectivity index (χ3v) is 11.1. The van der Waals surface area contributed by atoms with Gasteiger partial charge in [0, 0.05) is 7.11 Å². The maximum absolute atomic E-state index is 12.8. The van der Waals surface area contributed by atoms with Crippen LogP contribution in [0.2, 0.25) is 0 Å². The normalized spacial score (nSPS) is 47.4. The van der Waals surface area contributed by atoms with Crippen molar-refractivity contribution in [1.82, 2.24) is 0 Å². The molecule has 0 spiro atoms. The van der Waals surface area contributed by atoms with E-state index in [9.17, 15) is 23.4 Å². The second-order valence-electron chi connectivity index (χ2n) is 12.9. The Balaban J connectivity index is 1.49. The van der Waals surface area contributed by atoms with Gasteiger partial charge >= 0.3 is 6.18 Å². The van der Waals surface area contributed by atoms with Gasteiger partial charge in [-0.1, -0.05) is 13.8 Å². The van der Waals surface area contributed by atoms with E-state index in [0.717, 1.165) is 45.1 Å². The zero-order chi connectivity index (χ0) is 24.2. The number of hydrogen-bond acceptors (Lipinski definition) is 3. The minimum Gasteiger partial charge on any atom is -0.390 e. The summed E-state index contributed by atoms with van der Waals surface area (Å²) in [5.41, 5.74) is -0.209. The number of aliphatic hydroxyl groups excluding tert-OH is 1. The molecule has 4 fully saturated rings. The van der Waals surface area contributed by atoms with Gasteiger partial charge in [0.25, 0.3) is 0 Å². The van der Waals surface area contributed by atoms with Gasteiger partial charge in [0.2, 0.25) is 0 Å². The van der Waals surface area contributed by atoms with Crippen molar-refractivity contribution < 1.29 is 28.1 Å². The van der Waals surface area contributed by atoms with Crippen LogP contribution >= 0.6 is 0 Å². The third-order valence-electron chi connectivity index (χ3n) is 11.1. The van der Waals surface area contributed by atoms with Crippen molar-refractivity contribution >= 4 is 0 Å². The standard InChI is InChI=1S/C27H45F3O3/c1-17(5-10-23(31)27(28,29)30)20-8-9-21-19-7-6-18-15-24(2,32)13-14-26(18,16-33-4)22(19)11-12-25(20,21)3/h17-23,31-32H,5-16H2,1-4H3/t17-,18+,19+,20-,21+,22+,23?,24+,25-,26?/m1/s1. The van der Waals surface area contributed by atoms with Crippen molar-refractivity contribution in [3.05, 3.63) is 0 Å². The zero-order valence-corrected chi connectivity index (χ0v) is 21.0. The molecule has 2 N–H and O–H groups in total. The molecule has 0 amide bonds. The molecule has 0 aromatic rings. The number of methoxy groups -OCH3 is 1. The average Bonchev–Trinajstić information content (AvgIpc) is 3.08. The van der Waals surface area contributed by atoms with Crippen molar-refractivity contribution in [3.8, 4) is 0 Å². The first-order chi connectivity index (χ1) is 15.3. The number of rotatable bonds is 6. The molecule has 4 saturated carbocycles. The van der Waals surface area contributed by atoms with Gasteiger partial charge in [0.05, 0.1) is 12.2 Å². The molecule has 33 heavy (non-hydrogen) atoms. The Bertz CT molecular complexity index is 695. The maximum atomic E-state index is 12.8. The van der Waals surface area contributed by atoms with Crippen LogP contribution in [0.15, 0.2) is 0 Å². The van der Waals surface area contributed by atoms with Crippen molar-refractivity contribution in [1.29, 1.82) is 0 Å². The van der Waals surface area contributed by atoms with Crippen LogP contribution in [0.3, 0.4) is 0 Å². The molecule has 0 saturated heterocycles. The molecule has 10 atom stereocenters. The SMILES string of the molecule is COCC12CC[C@](C)(O)C[C@@H]1CC[C@@H]1[C@@H]2CC[C@]2(C)[C@@H]([C@H](C)CCC(O)C(F)(F)F)CC[C@@H]12. The summed E-state index contributed by atoms with van der Waals surface area (Å²) in [7, 11) is 1.82. The lowest BCUT2D eigenvalue weighted by Gasteiger charge is -2.63. The zero-order valence-electron chi connectivity index (χ0n) is 21.0. The summed E-state index contributed by atoms with van der Waals surface area (Å²) >= 11 is 0. The van der Waals surface area contributed by atoms with Crippen LogP contribution in [0.4, 0.5) is 13.2 Å². The van der Waals surface area contributed by atoms with Gasteiger partial charge in [-0.25, -0.2) is 0 Å². The van der Waals surface area contributed by atoms with Gasteiger partial charge in [-0.2, -0.15) is 13.2 Å². The van der Waals surface area contributed by atoms with Crippen molar-refractivity contribution in [3.63, 3.8) is 0 Å². The van der Waals surface area contributed by atoms with E-state index in [1.807, 2.05) is 14.0 Å². The third kappa shape index (κ3) is 4.50. The summed E-state index contributed by atoms with van der Waals surface area (Å²) < 4.78 is 44.3. The molecule has 4 rings (SSSR count). The second kappa shape index (κ2) is 8.96. The van der Waals surface area contributed by atoms with Gasteiger partial charge in [0.15, 0.2) is 0 Å². The molecule has 0 aromatic heterocycles. The van der Waals surface area contributed by atoms with Crippen LogP contribution in [0.25, 0.3) is 0 Å². The molecule has 0 aromatic carbocycles. The Morgan fingerprint density at radius 1 is 0.970 bits per heavy atom. The van der Waals surface area contributed by atoms with Gasteiger partial charge in [-0.05, 0) is 124 Å². The van der Waals surface area contributed by atoms with Crippen molar-refractivity contribution in [2.24, 2.45) is 46.3 Å². The molecular weight excluding hydrogens is 429 g/mol. The molecule has 3 nitrogen and oxygen atoms in total. The first-order valence-electron chi connectivity index (χ1n) is 13.3. The number of halogens is 3. The van der Waals surface area contributed by atoms with Crippen LogP contribution < -0.4 is 0 Å². The van der Waals surface area contributed by atoms with E-state index in [1.165, 1.54) is 19.3 Å². The lowest BCUT2D eigenvalue weighted by molar-refractivity contribution is -0.206. The fourth-order valence-electron chi connectivity index (χ4n) is 9.54. The predicted molar refractivity (Wildman–Crippen MR) is 123 cm³/mol. The predicted octanol–water partition coefficient (Wildman–Crippen LogP) is 6.36. The molecule has 0 bridgehead atoms.